The molecule has 0 aliphatic heterocycles. The van der Waals surface area contributed by atoms with Crippen LogP contribution in [0, 0.1) is 6.92 Å². The van der Waals surface area contributed by atoms with E-state index in [9.17, 15) is 4.79 Å². The highest BCUT2D eigenvalue weighted by Gasteiger charge is 2.06. The molecule has 21 heavy (non-hydrogen) atoms. The summed E-state index contributed by atoms with van der Waals surface area (Å²) in [6.45, 7) is 2.85. The Hall–Kier alpha value is -2.33. The van der Waals surface area contributed by atoms with Gasteiger partial charge in [0, 0.05) is 0 Å². The summed E-state index contributed by atoms with van der Waals surface area (Å²) >= 11 is 0. The maximum atomic E-state index is 10.9. The van der Waals surface area contributed by atoms with Gasteiger partial charge in [-0.05, 0) is 47.9 Å². The molecule has 4 heteroatoms. The Bertz CT molecular complexity index is 617. The first-order valence-electron chi connectivity index (χ1n) is 6.63. The van der Waals surface area contributed by atoms with Crippen molar-refractivity contribution in [2.24, 2.45) is 0 Å². The van der Waals surface area contributed by atoms with E-state index in [0.717, 1.165) is 22.4 Å². The number of carboxylic acids is 1. The molecule has 2 aromatic rings. The molecule has 0 heterocycles. The molecular formula is C17H18O4. The number of hydrogen-bond acceptors (Lipinski definition) is 3. The molecule has 0 saturated heterocycles. The van der Waals surface area contributed by atoms with Crippen molar-refractivity contribution >= 4 is 5.97 Å². The molecule has 2 rings (SSSR count). The van der Waals surface area contributed by atoms with Crippen molar-refractivity contribution in [3.63, 3.8) is 0 Å². The summed E-state index contributed by atoms with van der Waals surface area (Å²) in [5.41, 5.74) is 3.28. The molecule has 1 N–H and O–H groups in total. The lowest BCUT2D eigenvalue weighted by Gasteiger charge is -2.09. The molecule has 2 aromatic carbocycles. The van der Waals surface area contributed by atoms with Gasteiger partial charge in [0.1, 0.15) is 5.75 Å². The summed E-state index contributed by atoms with van der Waals surface area (Å²) in [6, 6.07) is 12.8. The van der Waals surface area contributed by atoms with Gasteiger partial charge in [0.25, 0.3) is 0 Å². The number of aryl methyl sites for hydroxylation is 1. The van der Waals surface area contributed by atoms with E-state index in [1.807, 2.05) is 31.2 Å². The summed E-state index contributed by atoms with van der Waals surface area (Å²) in [5.74, 6) is -0.0948. The maximum Gasteiger partial charge on any atom is 0.335 e. The molecule has 0 spiro atoms. The Labute approximate surface area is 123 Å². The Kier molecular flexibility index (Phi) is 4.95. The summed E-state index contributed by atoms with van der Waals surface area (Å²) in [4.78, 5) is 10.9. The molecule has 0 aliphatic rings. The summed E-state index contributed by atoms with van der Waals surface area (Å²) < 4.78 is 10.8. The molecule has 0 amide bonds. The van der Waals surface area contributed by atoms with Crippen LogP contribution in [0.4, 0.5) is 0 Å². The Balaban J connectivity index is 1.92. The van der Waals surface area contributed by atoms with E-state index >= 15 is 0 Å². The minimum absolute atomic E-state index is 0.298. The summed E-state index contributed by atoms with van der Waals surface area (Å²) in [5, 5.41) is 8.93. The largest absolute Gasteiger partial charge is 0.497 e. The molecule has 4 nitrogen and oxygen atoms in total. The smallest absolute Gasteiger partial charge is 0.335 e. The van der Waals surface area contributed by atoms with Gasteiger partial charge in [0.2, 0.25) is 0 Å². The van der Waals surface area contributed by atoms with Crippen LogP contribution < -0.4 is 4.74 Å². The molecule has 0 radical (unpaired) electrons. The number of carbonyl (C=O) groups is 1. The fourth-order valence-corrected chi connectivity index (χ4v) is 1.99. The lowest BCUT2D eigenvalue weighted by atomic mass is 10.1. The third kappa shape index (κ3) is 4.07. The molecular weight excluding hydrogens is 268 g/mol. The van der Waals surface area contributed by atoms with Gasteiger partial charge in [-0.25, -0.2) is 4.79 Å². The van der Waals surface area contributed by atoms with Crippen LogP contribution in [0.2, 0.25) is 0 Å². The molecule has 0 fully saturated rings. The quantitative estimate of drug-likeness (QED) is 0.884. The second-order valence-electron chi connectivity index (χ2n) is 4.79. The highest BCUT2D eigenvalue weighted by molar-refractivity contribution is 5.87. The van der Waals surface area contributed by atoms with Gasteiger partial charge in [-0.1, -0.05) is 18.2 Å². The van der Waals surface area contributed by atoms with Crippen molar-refractivity contribution in [2.45, 2.75) is 20.1 Å². The third-order valence-corrected chi connectivity index (χ3v) is 3.27. The minimum Gasteiger partial charge on any atom is -0.497 e. The predicted molar refractivity (Wildman–Crippen MR) is 79.6 cm³/mol. The minimum atomic E-state index is -0.913. The van der Waals surface area contributed by atoms with Gasteiger partial charge in [-0.15, -0.1) is 0 Å². The van der Waals surface area contributed by atoms with E-state index in [0.29, 0.717) is 18.8 Å². The molecule has 0 aromatic heterocycles. The van der Waals surface area contributed by atoms with E-state index in [-0.39, 0.29) is 0 Å². The Morgan fingerprint density at radius 3 is 2.38 bits per heavy atom. The molecule has 0 unspecified atom stereocenters. The van der Waals surface area contributed by atoms with E-state index in [1.54, 1.807) is 25.3 Å². The molecule has 110 valence electrons. The molecule has 0 saturated carbocycles. The highest BCUT2D eigenvalue weighted by Crippen LogP contribution is 2.15. The van der Waals surface area contributed by atoms with Crippen LogP contribution >= 0.6 is 0 Å². The fourth-order valence-electron chi connectivity index (χ4n) is 1.99. The lowest BCUT2D eigenvalue weighted by molar-refractivity contribution is 0.0696. The van der Waals surface area contributed by atoms with Gasteiger partial charge in [0.15, 0.2) is 0 Å². The normalized spacial score (nSPS) is 10.4. The summed E-state index contributed by atoms with van der Waals surface area (Å²) in [6.07, 6.45) is 0. The first kappa shape index (κ1) is 15.1. The van der Waals surface area contributed by atoms with Crippen LogP contribution in [0.15, 0.2) is 42.5 Å². The third-order valence-electron chi connectivity index (χ3n) is 3.27. The highest BCUT2D eigenvalue weighted by atomic mass is 16.5. The Morgan fingerprint density at radius 1 is 1.10 bits per heavy atom. The van der Waals surface area contributed by atoms with E-state index in [4.69, 9.17) is 14.6 Å². The maximum absolute atomic E-state index is 10.9. The number of methoxy groups -OCH3 is 1. The van der Waals surface area contributed by atoms with Gasteiger partial charge in [0.05, 0.1) is 25.9 Å². The van der Waals surface area contributed by atoms with Crippen molar-refractivity contribution in [1.82, 2.24) is 0 Å². The first-order valence-corrected chi connectivity index (χ1v) is 6.63. The van der Waals surface area contributed by atoms with Gasteiger partial charge < -0.3 is 14.6 Å². The van der Waals surface area contributed by atoms with Crippen molar-refractivity contribution in [3.8, 4) is 5.75 Å². The predicted octanol–water partition coefficient (Wildman–Crippen LogP) is 3.42. The van der Waals surface area contributed by atoms with Crippen molar-refractivity contribution < 1.29 is 19.4 Å². The second kappa shape index (κ2) is 6.90. The zero-order valence-electron chi connectivity index (χ0n) is 12.1. The number of aromatic carboxylic acids is 1. The van der Waals surface area contributed by atoms with Crippen LogP contribution in [0.25, 0.3) is 0 Å². The zero-order chi connectivity index (χ0) is 15.2. The fraction of sp³-hybridized carbons (Fsp3) is 0.235. The van der Waals surface area contributed by atoms with Crippen LogP contribution in [-0.2, 0) is 18.0 Å². The van der Waals surface area contributed by atoms with Gasteiger partial charge >= 0.3 is 5.97 Å². The van der Waals surface area contributed by atoms with Crippen LogP contribution in [0.3, 0.4) is 0 Å². The van der Waals surface area contributed by atoms with Crippen LogP contribution in [0.5, 0.6) is 5.75 Å². The first-order chi connectivity index (χ1) is 10.1. The number of hydrogen-bond donors (Lipinski definition) is 1. The second-order valence-corrected chi connectivity index (χ2v) is 4.79. The van der Waals surface area contributed by atoms with Gasteiger partial charge in [-0.2, -0.15) is 0 Å². The SMILES string of the molecule is COc1ccc(COCc2ccc(C(=O)O)cc2C)cc1. The van der Waals surface area contributed by atoms with E-state index < -0.39 is 5.97 Å². The standard InChI is InChI=1S/C17H18O4/c1-12-9-14(17(18)19)5-6-15(12)11-21-10-13-3-7-16(20-2)8-4-13/h3-9H,10-11H2,1-2H3,(H,18,19). The van der Waals surface area contributed by atoms with Crippen molar-refractivity contribution in [2.75, 3.05) is 7.11 Å². The summed E-state index contributed by atoms with van der Waals surface area (Å²) in [7, 11) is 1.63. The molecule has 0 aliphatic carbocycles. The van der Waals surface area contributed by atoms with Crippen LogP contribution in [0.1, 0.15) is 27.0 Å². The number of rotatable bonds is 6. The molecule has 0 atom stereocenters. The lowest BCUT2D eigenvalue weighted by Crippen LogP contribution is -2.00. The number of ether oxygens (including phenoxy) is 2. The average molecular weight is 286 g/mol. The van der Waals surface area contributed by atoms with Crippen molar-refractivity contribution in [1.29, 1.82) is 0 Å². The van der Waals surface area contributed by atoms with Crippen LogP contribution in [-0.4, -0.2) is 18.2 Å². The topological polar surface area (TPSA) is 55.8 Å². The average Bonchev–Trinajstić information content (AvgIpc) is 2.49. The van der Waals surface area contributed by atoms with E-state index in [1.165, 1.54) is 0 Å². The number of carboxylic acid groups (broad SMARTS) is 1. The zero-order valence-corrected chi connectivity index (χ0v) is 12.1. The monoisotopic (exact) mass is 286 g/mol. The Morgan fingerprint density at radius 2 is 1.81 bits per heavy atom. The molecule has 0 bridgehead atoms. The number of benzene rings is 2. The van der Waals surface area contributed by atoms with Gasteiger partial charge in [-0.3, -0.25) is 0 Å². The van der Waals surface area contributed by atoms with Crippen molar-refractivity contribution in [3.05, 3.63) is 64.7 Å². The van der Waals surface area contributed by atoms with E-state index in [2.05, 4.69) is 0 Å².